The molecule has 0 saturated heterocycles. The van der Waals surface area contributed by atoms with E-state index in [2.05, 4.69) is 5.32 Å². The highest BCUT2D eigenvalue weighted by atomic mass is 16.5. The van der Waals surface area contributed by atoms with Gasteiger partial charge in [-0.2, -0.15) is 0 Å². The summed E-state index contributed by atoms with van der Waals surface area (Å²) in [5, 5.41) is 12.0. The van der Waals surface area contributed by atoms with Crippen molar-refractivity contribution in [2.24, 2.45) is 0 Å². The van der Waals surface area contributed by atoms with Crippen LogP contribution in [0.15, 0.2) is 34.7 Å². The number of carbonyl (C=O) groups is 2. The fraction of sp³-hybridized carbons (Fsp3) is 0.333. The van der Waals surface area contributed by atoms with Gasteiger partial charge in [0.2, 0.25) is 5.76 Å². The van der Waals surface area contributed by atoms with Gasteiger partial charge < -0.3 is 19.6 Å². The summed E-state index contributed by atoms with van der Waals surface area (Å²) in [5.41, 5.74) is 1.02. The van der Waals surface area contributed by atoms with Crippen LogP contribution in [0, 0.1) is 6.92 Å². The third kappa shape index (κ3) is 2.99. The van der Waals surface area contributed by atoms with Crippen LogP contribution in [0.4, 0.5) is 0 Å². The average molecular weight is 329 g/mol. The van der Waals surface area contributed by atoms with Crippen molar-refractivity contribution in [3.63, 3.8) is 0 Å². The number of rotatable bonds is 6. The molecule has 0 atom stereocenters. The summed E-state index contributed by atoms with van der Waals surface area (Å²) in [6, 6.07) is 9.09. The first-order chi connectivity index (χ1) is 11.4. The van der Waals surface area contributed by atoms with Gasteiger partial charge in [0.1, 0.15) is 5.75 Å². The van der Waals surface area contributed by atoms with Crippen molar-refractivity contribution in [1.82, 2.24) is 5.32 Å². The van der Waals surface area contributed by atoms with Crippen LogP contribution in [0.1, 0.15) is 52.0 Å². The van der Waals surface area contributed by atoms with Gasteiger partial charge in [0.15, 0.2) is 5.76 Å². The zero-order valence-corrected chi connectivity index (χ0v) is 13.6. The van der Waals surface area contributed by atoms with Crippen molar-refractivity contribution in [2.75, 3.05) is 6.61 Å². The molecule has 0 aliphatic heterocycles. The van der Waals surface area contributed by atoms with E-state index in [-0.39, 0.29) is 11.5 Å². The lowest BCUT2D eigenvalue weighted by atomic mass is 10.0. The molecular formula is C18H19NO5. The van der Waals surface area contributed by atoms with Crippen molar-refractivity contribution in [2.45, 2.75) is 32.2 Å². The van der Waals surface area contributed by atoms with Crippen LogP contribution in [0.25, 0.3) is 0 Å². The second-order valence-corrected chi connectivity index (χ2v) is 5.92. The van der Waals surface area contributed by atoms with Crippen LogP contribution >= 0.6 is 0 Å². The maximum Gasteiger partial charge on any atom is 0.372 e. The van der Waals surface area contributed by atoms with E-state index in [1.165, 1.54) is 6.07 Å². The number of hydrogen-bond acceptors (Lipinski definition) is 4. The molecule has 1 aromatic carbocycles. The second-order valence-electron chi connectivity index (χ2n) is 5.92. The molecule has 1 aromatic heterocycles. The lowest BCUT2D eigenvalue weighted by Gasteiger charge is -2.17. The number of aromatic carboxylic acids is 1. The Kier molecular flexibility index (Phi) is 4.05. The molecule has 126 valence electrons. The number of carboxylic acid groups (broad SMARTS) is 1. The summed E-state index contributed by atoms with van der Waals surface area (Å²) in [7, 11) is 0. The highest BCUT2D eigenvalue weighted by Gasteiger charge is 2.46. The molecule has 0 bridgehead atoms. The normalized spacial score (nSPS) is 14.9. The van der Waals surface area contributed by atoms with Crippen LogP contribution in [-0.4, -0.2) is 23.6 Å². The van der Waals surface area contributed by atoms with Crippen molar-refractivity contribution >= 4 is 11.9 Å². The molecule has 3 rings (SSSR count). The van der Waals surface area contributed by atoms with Gasteiger partial charge in [-0.3, -0.25) is 4.79 Å². The van der Waals surface area contributed by atoms with Gasteiger partial charge in [-0.15, -0.1) is 0 Å². The molecule has 1 fully saturated rings. The standard InChI is InChI=1S/C18H19NO5/c1-3-23-13-6-4-12(5-7-13)18(8-9-18)19-16(20)14-10-11(2)15(24-14)17(21)22/h4-7,10H,3,8-9H2,1-2H3,(H,19,20)(H,21,22). The maximum atomic E-state index is 12.4. The van der Waals surface area contributed by atoms with Crippen LogP contribution in [0.5, 0.6) is 5.75 Å². The smallest absolute Gasteiger partial charge is 0.372 e. The predicted molar refractivity (Wildman–Crippen MR) is 86.4 cm³/mol. The molecule has 6 heteroatoms. The third-order valence-electron chi connectivity index (χ3n) is 4.16. The topological polar surface area (TPSA) is 88.8 Å². The van der Waals surface area contributed by atoms with Gasteiger partial charge in [-0.25, -0.2) is 4.79 Å². The molecule has 6 nitrogen and oxygen atoms in total. The van der Waals surface area contributed by atoms with E-state index in [0.717, 1.165) is 24.2 Å². The first kappa shape index (κ1) is 16.1. The van der Waals surface area contributed by atoms with Gasteiger partial charge in [0.25, 0.3) is 5.91 Å². The summed E-state index contributed by atoms with van der Waals surface area (Å²) in [5.74, 6) is -0.986. The SMILES string of the molecule is CCOc1ccc(C2(NC(=O)c3cc(C)c(C(=O)O)o3)CC2)cc1. The number of ether oxygens (including phenoxy) is 1. The van der Waals surface area contributed by atoms with E-state index in [1.807, 2.05) is 31.2 Å². The molecule has 1 heterocycles. The molecule has 1 aliphatic carbocycles. The van der Waals surface area contributed by atoms with Crippen LogP contribution < -0.4 is 10.1 Å². The number of aryl methyl sites for hydroxylation is 1. The monoisotopic (exact) mass is 329 g/mol. The molecular weight excluding hydrogens is 310 g/mol. The Bertz CT molecular complexity index is 771. The number of carbonyl (C=O) groups excluding carboxylic acids is 1. The Balaban J connectivity index is 1.76. The lowest BCUT2D eigenvalue weighted by Crippen LogP contribution is -2.34. The Morgan fingerprint density at radius 3 is 2.46 bits per heavy atom. The molecule has 24 heavy (non-hydrogen) atoms. The molecule has 1 saturated carbocycles. The highest BCUT2D eigenvalue weighted by Crippen LogP contribution is 2.46. The molecule has 1 aliphatic rings. The minimum atomic E-state index is -1.18. The fourth-order valence-corrected chi connectivity index (χ4v) is 2.73. The van der Waals surface area contributed by atoms with E-state index in [4.69, 9.17) is 14.3 Å². The first-order valence-corrected chi connectivity index (χ1v) is 7.85. The number of furan rings is 1. The molecule has 1 amide bonds. The number of carboxylic acids is 1. The van der Waals surface area contributed by atoms with E-state index >= 15 is 0 Å². The molecule has 0 radical (unpaired) electrons. The predicted octanol–water partition coefficient (Wildman–Crippen LogP) is 3.10. The summed E-state index contributed by atoms with van der Waals surface area (Å²) in [6.45, 7) is 4.13. The van der Waals surface area contributed by atoms with Gasteiger partial charge in [-0.05, 0) is 50.5 Å². The quantitative estimate of drug-likeness (QED) is 0.850. The Morgan fingerprint density at radius 1 is 1.29 bits per heavy atom. The van der Waals surface area contributed by atoms with Gasteiger partial charge in [0.05, 0.1) is 12.1 Å². The van der Waals surface area contributed by atoms with Crippen LogP contribution in [-0.2, 0) is 5.54 Å². The number of benzene rings is 1. The first-order valence-electron chi connectivity index (χ1n) is 7.85. The average Bonchev–Trinajstić information content (AvgIpc) is 3.21. The maximum absolute atomic E-state index is 12.4. The van der Waals surface area contributed by atoms with Gasteiger partial charge in [-0.1, -0.05) is 12.1 Å². The number of nitrogens with one attached hydrogen (secondary N) is 1. The van der Waals surface area contributed by atoms with Crippen molar-refractivity contribution in [1.29, 1.82) is 0 Å². The molecule has 0 spiro atoms. The zero-order valence-electron chi connectivity index (χ0n) is 13.6. The van der Waals surface area contributed by atoms with Gasteiger partial charge >= 0.3 is 5.97 Å². The molecule has 2 aromatic rings. The zero-order chi connectivity index (χ0) is 17.3. The summed E-state index contributed by atoms with van der Waals surface area (Å²) < 4.78 is 10.6. The van der Waals surface area contributed by atoms with Crippen LogP contribution in [0.2, 0.25) is 0 Å². The largest absolute Gasteiger partial charge is 0.494 e. The molecule has 0 unspecified atom stereocenters. The number of amides is 1. The Morgan fingerprint density at radius 2 is 1.96 bits per heavy atom. The van der Waals surface area contributed by atoms with E-state index in [9.17, 15) is 9.59 Å². The van der Waals surface area contributed by atoms with Gasteiger partial charge in [0, 0.05) is 5.56 Å². The number of hydrogen-bond donors (Lipinski definition) is 2. The lowest BCUT2D eigenvalue weighted by molar-refractivity contribution is 0.0658. The molecule has 2 N–H and O–H groups in total. The van der Waals surface area contributed by atoms with E-state index < -0.39 is 17.4 Å². The summed E-state index contributed by atoms with van der Waals surface area (Å²) in [4.78, 5) is 23.4. The second kappa shape index (κ2) is 6.03. The summed E-state index contributed by atoms with van der Waals surface area (Å²) >= 11 is 0. The van der Waals surface area contributed by atoms with Crippen LogP contribution in [0.3, 0.4) is 0 Å². The van der Waals surface area contributed by atoms with Crippen molar-refractivity contribution in [3.05, 3.63) is 53.0 Å². The summed E-state index contributed by atoms with van der Waals surface area (Å²) in [6.07, 6.45) is 1.66. The Hall–Kier alpha value is -2.76. The minimum Gasteiger partial charge on any atom is -0.494 e. The van der Waals surface area contributed by atoms with Crippen molar-refractivity contribution < 1.29 is 23.8 Å². The van der Waals surface area contributed by atoms with E-state index in [1.54, 1.807) is 6.92 Å². The highest BCUT2D eigenvalue weighted by molar-refractivity contribution is 5.95. The fourth-order valence-electron chi connectivity index (χ4n) is 2.73. The third-order valence-corrected chi connectivity index (χ3v) is 4.16. The Labute approximate surface area is 139 Å². The minimum absolute atomic E-state index is 0.0158. The van der Waals surface area contributed by atoms with Crippen molar-refractivity contribution in [3.8, 4) is 5.75 Å². The van der Waals surface area contributed by atoms with E-state index in [0.29, 0.717) is 12.2 Å².